The van der Waals surface area contributed by atoms with E-state index in [1.807, 2.05) is 4.72 Å². The summed E-state index contributed by atoms with van der Waals surface area (Å²) in [5.74, 6) is -1.90. The van der Waals surface area contributed by atoms with E-state index in [2.05, 4.69) is 10.1 Å². The highest BCUT2D eigenvalue weighted by Crippen LogP contribution is 2.23. The van der Waals surface area contributed by atoms with Crippen LogP contribution in [0.3, 0.4) is 0 Å². The van der Waals surface area contributed by atoms with Gasteiger partial charge in [0.2, 0.25) is 15.9 Å². The highest BCUT2D eigenvalue weighted by atomic mass is 32.2. The largest absolute Gasteiger partial charge is 0.573 e. The number of halogens is 4. The van der Waals surface area contributed by atoms with Crippen LogP contribution >= 0.6 is 0 Å². The summed E-state index contributed by atoms with van der Waals surface area (Å²) >= 11 is 0. The van der Waals surface area contributed by atoms with Crippen molar-refractivity contribution in [3.63, 3.8) is 0 Å². The molecule has 0 aromatic heterocycles. The Morgan fingerprint density at radius 1 is 1.11 bits per heavy atom. The third-order valence-electron chi connectivity index (χ3n) is 3.26. The molecule has 0 aliphatic carbocycles. The zero-order valence-corrected chi connectivity index (χ0v) is 14.6. The Kier molecular flexibility index (Phi) is 6.06. The molecular formula is C16H14F4N2O4S. The van der Waals surface area contributed by atoms with Crippen molar-refractivity contribution in [3.05, 3.63) is 53.8 Å². The van der Waals surface area contributed by atoms with Gasteiger partial charge in [0, 0.05) is 5.69 Å². The van der Waals surface area contributed by atoms with Crippen molar-refractivity contribution in [2.24, 2.45) is 0 Å². The zero-order valence-electron chi connectivity index (χ0n) is 13.8. The number of ether oxygens (including phenoxy) is 1. The minimum absolute atomic E-state index is 0.188. The Morgan fingerprint density at radius 3 is 2.33 bits per heavy atom. The average Bonchev–Trinajstić information content (AvgIpc) is 2.55. The van der Waals surface area contributed by atoms with Gasteiger partial charge in [0.15, 0.2) is 0 Å². The molecule has 27 heavy (non-hydrogen) atoms. The van der Waals surface area contributed by atoms with Crippen molar-refractivity contribution in [1.29, 1.82) is 0 Å². The van der Waals surface area contributed by atoms with E-state index in [4.69, 9.17) is 0 Å². The first kappa shape index (κ1) is 20.6. The van der Waals surface area contributed by atoms with Crippen LogP contribution in [0.15, 0.2) is 47.4 Å². The van der Waals surface area contributed by atoms with Gasteiger partial charge in [-0.3, -0.25) is 4.79 Å². The fourth-order valence-corrected chi connectivity index (χ4v) is 2.97. The molecule has 0 radical (unpaired) electrons. The van der Waals surface area contributed by atoms with E-state index in [-0.39, 0.29) is 10.6 Å². The van der Waals surface area contributed by atoms with Crippen LogP contribution in [0.1, 0.15) is 5.56 Å². The van der Waals surface area contributed by atoms with Crippen molar-refractivity contribution in [1.82, 2.24) is 4.72 Å². The molecule has 1 amide bonds. The third kappa shape index (κ3) is 6.22. The smallest absolute Gasteiger partial charge is 0.406 e. The van der Waals surface area contributed by atoms with Crippen LogP contribution in [0, 0.1) is 12.7 Å². The Bertz CT molecular complexity index is 928. The monoisotopic (exact) mass is 406 g/mol. The van der Waals surface area contributed by atoms with Crippen LogP contribution in [0.5, 0.6) is 5.75 Å². The van der Waals surface area contributed by atoms with Gasteiger partial charge >= 0.3 is 6.36 Å². The molecule has 2 rings (SSSR count). The number of amides is 1. The second kappa shape index (κ2) is 7.92. The van der Waals surface area contributed by atoms with Gasteiger partial charge in [0.05, 0.1) is 11.4 Å². The molecule has 0 atom stereocenters. The molecule has 0 heterocycles. The van der Waals surface area contributed by atoms with Gasteiger partial charge in [-0.2, -0.15) is 0 Å². The van der Waals surface area contributed by atoms with Crippen molar-refractivity contribution in [2.45, 2.75) is 18.2 Å². The summed E-state index contributed by atoms with van der Waals surface area (Å²) in [5.41, 5.74) is 0.765. The summed E-state index contributed by atoms with van der Waals surface area (Å²) in [4.78, 5) is 11.5. The van der Waals surface area contributed by atoms with Crippen molar-refractivity contribution in [3.8, 4) is 5.75 Å². The maximum Gasteiger partial charge on any atom is 0.573 e. The van der Waals surface area contributed by atoms with E-state index in [1.165, 1.54) is 12.1 Å². The summed E-state index contributed by atoms with van der Waals surface area (Å²) in [6.07, 6.45) is -4.90. The summed E-state index contributed by atoms with van der Waals surface area (Å²) < 4.78 is 79.3. The summed E-state index contributed by atoms with van der Waals surface area (Å²) in [7, 11) is -4.15. The number of alkyl halides is 3. The number of carbonyl (C=O) groups is 1. The van der Waals surface area contributed by atoms with Crippen LogP contribution in [-0.2, 0) is 14.8 Å². The van der Waals surface area contributed by atoms with E-state index in [0.29, 0.717) is 5.56 Å². The second-order valence-electron chi connectivity index (χ2n) is 5.35. The molecule has 0 bridgehead atoms. The van der Waals surface area contributed by atoms with E-state index in [0.717, 1.165) is 30.3 Å². The molecular weight excluding hydrogens is 392 g/mol. The quantitative estimate of drug-likeness (QED) is 0.723. The van der Waals surface area contributed by atoms with E-state index < -0.39 is 40.4 Å². The molecule has 6 nitrogen and oxygen atoms in total. The topological polar surface area (TPSA) is 84.5 Å². The number of aryl methyl sites for hydroxylation is 1. The second-order valence-corrected chi connectivity index (χ2v) is 7.12. The Hall–Kier alpha value is -2.66. The van der Waals surface area contributed by atoms with Gasteiger partial charge in [-0.25, -0.2) is 17.5 Å². The molecule has 0 aliphatic heterocycles. The van der Waals surface area contributed by atoms with Gasteiger partial charge in [0.25, 0.3) is 0 Å². The highest BCUT2D eigenvalue weighted by molar-refractivity contribution is 7.89. The Balaban J connectivity index is 1.99. The van der Waals surface area contributed by atoms with Crippen LogP contribution in [0.25, 0.3) is 0 Å². The molecule has 0 saturated carbocycles. The minimum atomic E-state index is -4.90. The van der Waals surface area contributed by atoms with Crippen LogP contribution in [0.2, 0.25) is 0 Å². The summed E-state index contributed by atoms with van der Waals surface area (Å²) in [5, 5.41) is 2.36. The molecule has 2 N–H and O–H groups in total. The SMILES string of the molecule is Cc1ccc(F)cc1NC(=O)CNS(=O)(=O)c1ccc(OC(F)(F)F)cc1. The van der Waals surface area contributed by atoms with Gasteiger partial charge in [-0.05, 0) is 48.9 Å². The van der Waals surface area contributed by atoms with Crippen molar-refractivity contribution >= 4 is 21.6 Å². The van der Waals surface area contributed by atoms with Crippen molar-refractivity contribution in [2.75, 3.05) is 11.9 Å². The Labute approximate surface area is 152 Å². The van der Waals surface area contributed by atoms with E-state index in [9.17, 15) is 30.8 Å². The molecule has 2 aromatic carbocycles. The lowest BCUT2D eigenvalue weighted by molar-refractivity contribution is -0.274. The van der Waals surface area contributed by atoms with E-state index >= 15 is 0 Å². The third-order valence-corrected chi connectivity index (χ3v) is 4.68. The molecule has 0 fully saturated rings. The summed E-state index contributed by atoms with van der Waals surface area (Å²) in [6.45, 7) is 0.975. The molecule has 146 valence electrons. The number of carbonyl (C=O) groups excluding carboxylic acids is 1. The van der Waals surface area contributed by atoms with Gasteiger partial charge < -0.3 is 10.1 Å². The predicted molar refractivity (Wildman–Crippen MR) is 88.1 cm³/mol. The highest BCUT2D eigenvalue weighted by Gasteiger charge is 2.31. The lowest BCUT2D eigenvalue weighted by atomic mass is 10.2. The molecule has 2 aromatic rings. The number of hydrogen-bond donors (Lipinski definition) is 2. The van der Waals surface area contributed by atoms with Gasteiger partial charge in [-0.15, -0.1) is 13.2 Å². The van der Waals surface area contributed by atoms with Gasteiger partial charge in [0.1, 0.15) is 11.6 Å². The number of sulfonamides is 1. The molecule has 0 aliphatic rings. The van der Waals surface area contributed by atoms with Crippen molar-refractivity contribution < 1.29 is 35.5 Å². The first-order valence-corrected chi connectivity index (χ1v) is 8.86. The number of nitrogens with one attached hydrogen (secondary N) is 2. The minimum Gasteiger partial charge on any atom is -0.406 e. The lowest BCUT2D eigenvalue weighted by Crippen LogP contribution is -2.33. The number of anilines is 1. The first-order valence-electron chi connectivity index (χ1n) is 7.38. The maximum absolute atomic E-state index is 13.2. The fourth-order valence-electron chi connectivity index (χ4n) is 1.99. The van der Waals surface area contributed by atoms with Crippen LogP contribution < -0.4 is 14.8 Å². The normalized spacial score (nSPS) is 11.9. The van der Waals surface area contributed by atoms with Crippen LogP contribution in [0.4, 0.5) is 23.2 Å². The molecule has 11 heteroatoms. The molecule has 0 saturated heterocycles. The molecule has 0 spiro atoms. The number of benzene rings is 2. The van der Waals surface area contributed by atoms with E-state index in [1.54, 1.807) is 6.92 Å². The Morgan fingerprint density at radius 2 is 1.74 bits per heavy atom. The number of rotatable bonds is 6. The molecule has 0 unspecified atom stereocenters. The summed E-state index contributed by atoms with van der Waals surface area (Å²) in [6, 6.07) is 7.20. The van der Waals surface area contributed by atoms with Crippen LogP contribution in [-0.4, -0.2) is 27.2 Å². The van der Waals surface area contributed by atoms with Gasteiger partial charge in [-0.1, -0.05) is 6.07 Å². The predicted octanol–water partition coefficient (Wildman–Crippen LogP) is 2.95. The lowest BCUT2D eigenvalue weighted by Gasteiger charge is -2.11. The average molecular weight is 406 g/mol. The number of hydrogen-bond acceptors (Lipinski definition) is 4. The maximum atomic E-state index is 13.2. The first-order chi connectivity index (χ1) is 12.5. The zero-order chi connectivity index (χ0) is 20.2. The standard InChI is InChI=1S/C16H14F4N2O4S/c1-10-2-3-11(17)8-14(10)22-15(23)9-21-27(24,25)13-6-4-12(5-7-13)26-16(18,19)20/h2-8,21H,9H2,1H3,(H,22,23). The fraction of sp³-hybridized carbons (Fsp3) is 0.188.